The molecule has 0 saturated heterocycles. The van der Waals surface area contributed by atoms with Crippen LogP contribution in [0, 0.1) is 12.7 Å². The number of methoxy groups -OCH3 is 2. The number of nitrogens with zero attached hydrogens (tertiary/aromatic N) is 3. The number of ether oxygens (including phenoxy) is 2. The highest BCUT2D eigenvalue weighted by Gasteiger charge is 2.23. The highest BCUT2D eigenvalue weighted by molar-refractivity contribution is 5.97. The van der Waals surface area contributed by atoms with Gasteiger partial charge in [-0.2, -0.15) is 0 Å². The second-order valence-electron chi connectivity index (χ2n) is 7.20. The lowest BCUT2D eigenvalue weighted by Crippen LogP contribution is -2.15. The van der Waals surface area contributed by atoms with E-state index in [4.69, 9.17) is 14.0 Å². The summed E-state index contributed by atoms with van der Waals surface area (Å²) in [6.07, 6.45) is 2.96. The van der Waals surface area contributed by atoms with Crippen LogP contribution < -0.4 is 14.8 Å². The third-order valence-electron chi connectivity index (χ3n) is 5.05. The first-order chi connectivity index (χ1) is 16.0. The highest BCUT2D eigenvalue weighted by atomic mass is 19.1. The smallest absolute Gasteiger partial charge is 0.241 e. The van der Waals surface area contributed by atoms with E-state index in [1.165, 1.54) is 19.5 Å². The summed E-state index contributed by atoms with van der Waals surface area (Å²) in [5.74, 6) is 0.606. The number of carbonyl (C=O) groups is 1. The number of rotatable bonds is 7. The molecule has 0 aliphatic carbocycles. The third kappa shape index (κ3) is 4.67. The minimum absolute atomic E-state index is 0.00920. The number of hydrogen-bond acceptors (Lipinski definition) is 7. The van der Waals surface area contributed by atoms with Crippen LogP contribution in [-0.2, 0) is 11.2 Å². The summed E-state index contributed by atoms with van der Waals surface area (Å²) in [6, 6.07) is 11.5. The first kappa shape index (κ1) is 21.9. The number of anilines is 1. The minimum atomic E-state index is -0.352. The second-order valence-corrected chi connectivity index (χ2v) is 7.20. The number of nitrogens with one attached hydrogen (secondary N) is 1. The first-order valence-electron chi connectivity index (χ1n) is 10.0. The van der Waals surface area contributed by atoms with Crippen LogP contribution in [0.1, 0.15) is 11.1 Å². The zero-order valence-corrected chi connectivity index (χ0v) is 18.3. The van der Waals surface area contributed by atoms with Crippen LogP contribution in [0.5, 0.6) is 11.5 Å². The van der Waals surface area contributed by atoms with Crippen LogP contribution >= 0.6 is 0 Å². The summed E-state index contributed by atoms with van der Waals surface area (Å²) in [6.45, 7) is 1.66. The fourth-order valence-electron chi connectivity index (χ4n) is 3.40. The molecule has 33 heavy (non-hydrogen) atoms. The summed E-state index contributed by atoms with van der Waals surface area (Å²) in [7, 11) is 3.08. The predicted molar refractivity (Wildman–Crippen MR) is 120 cm³/mol. The lowest BCUT2D eigenvalue weighted by atomic mass is 10.0. The number of benzene rings is 2. The SMILES string of the molecule is COc1ccc(OC)c(CC(=O)Nc2onc(-c3ccc(F)c(C)c3)c2-c2ccncn2)c1. The summed E-state index contributed by atoms with van der Waals surface area (Å²) >= 11 is 0. The van der Waals surface area contributed by atoms with Crippen molar-refractivity contribution in [1.82, 2.24) is 15.1 Å². The topological polar surface area (TPSA) is 99.4 Å². The van der Waals surface area contributed by atoms with Gasteiger partial charge in [0.25, 0.3) is 0 Å². The third-order valence-corrected chi connectivity index (χ3v) is 5.05. The Labute approximate surface area is 189 Å². The Balaban J connectivity index is 1.69. The summed E-state index contributed by atoms with van der Waals surface area (Å²) in [4.78, 5) is 21.1. The van der Waals surface area contributed by atoms with Gasteiger partial charge in [0.15, 0.2) is 0 Å². The van der Waals surface area contributed by atoms with Gasteiger partial charge in [-0.25, -0.2) is 14.4 Å². The Hall–Kier alpha value is -4.27. The van der Waals surface area contributed by atoms with Crippen LogP contribution in [0.4, 0.5) is 10.3 Å². The zero-order valence-electron chi connectivity index (χ0n) is 18.3. The van der Waals surface area contributed by atoms with Crippen molar-refractivity contribution < 1.29 is 23.2 Å². The maximum absolute atomic E-state index is 13.8. The molecule has 168 valence electrons. The molecule has 2 aromatic carbocycles. The molecule has 0 unspecified atom stereocenters. The Bertz CT molecular complexity index is 1290. The zero-order chi connectivity index (χ0) is 23.4. The van der Waals surface area contributed by atoms with E-state index in [0.717, 1.165) is 0 Å². The molecule has 0 aliphatic rings. The van der Waals surface area contributed by atoms with Gasteiger partial charge in [-0.3, -0.25) is 10.1 Å². The molecule has 0 atom stereocenters. The lowest BCUT2D eigenvalue weighted by Gasteiger charge is -2.10. The molecule has 0 spiro atoms. The van der Waals surface area contributed by atoms with Crippen LogP contribution in [0.15, 0.2) is 59.5 Å². The van der Waals surface area contributed by atoms with Crippen molar-refractivity contribution in [3.63, 3.8) is 0 Å². The van der Waals surface area contributed by atoms with Gasteiger partial charge in [0.1, 0.15) is 29.3 Å². The first-order valence-corrected chi connectivity index (χ1v) is 10.0. The average molecular weight is 448 g/mol. The lowest BCUT2D eigenvalue weighted by molar-refractivity contribution is -0.115. The quantitative estimate of drug-likeness (QED) is 0.446. The van der Waals surface area contributed by atoms with Crippen molar-refractivity contribution in [2.45, 2.75) is 13.3 Å². The maximum atomic E-state index is 13.8. The molecule has 9 heteroatoms. The van der Waals surface area contributed by atoms with E-state index in [1.807, 2.05) is 0 Å². The predicted octanol–water partition coefficient (Wildman–Crippen LogP) is 4.44. The second kappa shape index (κ2) is 9.47. The molecule has 4 aromatic rings. The molecule has 1 N–H and O–H groups in total. The van der Waals surface area contributed by atoms with Gasteiger partial charge in [0, 0.05) is 17.3 Å². The number of aromatic nitrogens is 3. The van der Waals surface area contributed by atoms with Crippen molar-refractivity contribution in [2.75, 3.05) is 19.5 Å². The Morgan fingerprint density at radius 2 is 1.97 bits per heavy atom. The van der Waals surface area contributed by atoms with Gasteiger partial charge in [0.2, 0.25) is 11.8 Å². The molecule has 2 heterocycles. The average Bonchev–Trinajstić information content (AvgIpc) is 3.24. The van der Waals surface area contributed by atoms with E-state index < -0.39 is 0 Å². The van der Waals surface area contributed by atoms with Crippen LogP contribution in [0.3, 0.4) is 0 Å². The molecule has 0 radical (unpaired) electrons. The molecular weight excluding hydrogens is 427 g/mol. The van der Waals surface area contributed by atoms with Gasteiger partial charge in [-0.15, -0.1) is 0 Å². The molecule has 0 aliphatic heterocycles. The minimum Gasteiger partial charge on any atom is -0.497 e. The number of halogens is 1. The highest BCUT2D eigenvalue weighted by Crippen LogP contribution is 2.37. The van der Waals surface area contributed by atoms with Crippen molar-refractivity contribution in [3.8, 4) is 34.0 Å². The normalized spacial score (nSPS) is 10.7. The van der Waals surface area contributed by atoms with E-state index in [2.05, 4.69) is 20.4 Å². The van der Waals surface area contributed by atoms with E-state index in [1.54, 1.807) is 56.6 Å². The molecule has 1 amide bonds. The maximum Gasteiger partial charge on any atom is 0.241 e. The van der Waals surface area contributed by atoms with E-state index >= 15 is 0 Å². The van der Waals surface area contributed by atoms with Crippen molar-refractivity contribution >= 4 is 11.8 Å². The van der Waals surface area contributed by atoms with Crippen molar-refractivity contribution in [3.05, 3.63) is 71.9 Å². The van der Waals surface area contributed by atoms with Gasteiger partial charge < -0.3 is 14.0 Å². The van der Waals surface area contributed by atoms with Crippen LogP contribution in [0.25, 0.3) is 22.5 Å². The van der Waals surface area contributed by atoms with Crippen LogP contribution in [0.2, 0.25) is 0 Å². The van der Waals surface area contributed by atoms with E-state index in [9.17, 15) is 9.18 Å². The molecular formula is C24H21FN4O4. The summed E-state index contributed by atoms with van der Waals surface area (Å²) in [5, 5.41) is 6.90. The molecule has 4 rings (SSSR count). The summed E-state index contributed by atoms with van der Waals surface area (Å²) in [5.41, 5.74) is 3.12. The molecule has 2 aromatic heterocycles. The number of hydrogen-bond donors (Lipinski definition) is 1. The largest absolute Gasteiger partial charge is 0.497 e. The number of amides is 1. The fraction of sp³-hybridized carbons (Fsp3) is 0.167. The van der Waals surface area contributed by atoms with Gasteiger partial charge in [-0.1, -0.05) is 5.16 Å². The van der Waals surface area contributed by atoms with Gasteiger partial charge in [-0.05, 0) is 55.0 Å². The summed E-state index contributed by atoms with van der Waals surface area (Å²) < 4.78 is 29.9. The standard InChI is InChI=1S/C24H21FN4O4/c1-14-10-15(4-6-18(14)25)23-22(19-8-9-26-13-27-19)24(33-29-23)28-21(30)12-16-11-17(31-2)5-7-20(16)32-3/h4-11,13H,12H2,1-3H3,(H,28,30). The number of aryl methyl sites for hydroxylation is 1. The van der Waals surface area contributed by atoms with E-state index in [-0.39, 0.29) is 24.0 Å². The Kier molecular flexibility index (Phi) is 6.30. The van der Waals surface area contributed by atoms with E-state index in [0.29, 0.717) is 45.1 Å². The van der Waals surface area contributed by atoms with Crippen molar-refractivity contribution in [2.24, 2.45) is 0 Å². The molecule has 0 fully saturated rings. The number of carbonyl (C=O) groups excluding carboxylic acids is 1. The Morgan fingerprint density at radius 3 is 2.67 bits per heavy atom. The Morgan fingerprint density at radius 1 is 1.12 bits per heavy atom. The van der Waals surface area contributed by atoms with Gasteiger partial charge in [0.05, 0.1) is 31.9 Å². The molecule has 0 bridgehead atoms. The van der Waals surface area contributed by atoms with Gasteiger partial charge >= 0.3 is 0 Å². The molecule has 8 nitrogen and oxygen atoms in total. The van der Waals surface area contributed by atoms with Crippen molar-refractivity contribution in [1.29, 1.82) is 0 Å². The monoisotopic (exact) mass is 448 g/mol. The molecule has 0 saturated carbocycles. The fourth-order valence-corrected chi connectivity index (χ4v) is 3.40. The van der Waals surface area contributed by atoms with Crippen LogP contribution in [-0.4, -0.2) is 35.3 Å².